The molecule has 1 aliphatic rings. The van der Waals surface area contributed by atoms with E-state index in [9.17, 15) is 19.2 Å². The molecule has 3 aromatic carbocycles. The second-order valence-corrected chi connectivity index (χ2v) is 8.38. The molecule has 9 nitrogen and oxygen atoms in total. The maximum Gasteiger partial charge on any atom is 0.343 e. The number of urea groups is 1. The van der Waals surface area contributed by atoms with Gasteiger partial charge in [0.2, 0.25) is 0 Å². The van der Waals surface area contributed by atoms with Gasteiger partial charge in [-0.2, -0.15) is 0 Å². The zero-order valence-electron chi connectivity index (χ0n) is 19.1. The topological polar surface area (TPSA) is 111 Å². The molecule has 10 heteroatoms. The molecule has 0 radical (unpaired) electrons. The maximum absolute atomic E-state index is 13.1. The highest BCUT2D eigenvalue weighted by molar-refractivity contribution is 9.10. The van der Waals surface area contributed by atoms with Crippen molar-refractivity contribution in [1.82, 2.24) is 5.32 Å². The van der Waals surface area contributed by atoms with Crippen LogP contribution in [-0.2, 0) is 9.59 Å². The summed E-state index contributed by atoms with van der Waals surface area (Å²) in [5.74, 6) is -1.26. The van der Waals surface area contributed by atoms with Gasteiger partial charge in [0.05, 0.1) is 25.5 Å². The van der Waals surface area contributed by atoms with E-state index in [4.69, 9.17) is 14.2 Å². The first kappa shape index (κ1) is 24.7. The van der Waals surface area contributed by atoms with Gasteiger partial charge in [-0.3, -0.25) is 14.9 Å². The van der Waals surface area contributed by atoms with E-state index in [0.29, 0.717) is 22.6 Å². The Labute approximate surface area is 214 Å². The van der Waals surface area contributed by atoms with Gasteiger partial charge in [-0.25, -0.2) is 14.5 Å². The SMILES string of the molecule is COc1ccc(C(=O)Oc2ccc(/C=C3\C(=O)NC(=O)N(c4ccc(Br)cc4)C3=O)cc2OC)cc1. The minimum absolute atomic E-state index is 0.145. The van der Waals surface area contributed by atoms with E-state index in [1.54, 1.807) is 54.6 Å². The molecule has 1 heterocycles. The van der Waals surface area contributed by atoms with E-state index in [0.717, 1.165) is 9.37 Å². The van der Waals surface area contributed by atoms with Gasteiger partial charge >= 0.3 is 12.0 Å². The molecule has 4 rings (SSSR count). The van der Waals surface area contributed by atoms with E-state index in [-0.39, 0.29) is 17.1 Å². The van der Waals surface area contributed by atoms with Crippen LogP contribution in [0.5, 0.6) is 17.2 Å². The molecule has 1 saturated heterocycles. The van der Waals surface area contributed by atoms with Gasteiger partial charge in [-0.15, -0.1) is 0 Å². The maximum atomic E-state index is 13.1. The fourth-order valence-corrected chi connectivity index (χ4v) is 3.66. The Hall–Kier alpha value is -4.44. The summed E-state index contributed by atoms with van der Waals surface area (Å²) in [5, 5.41) is 2.17. The molecule has 1 aliphatic heterocycles. The van der Waals surface area contributed by atoms with Crippen molar-refractivity contribution < 1.29 is 33.4 Å². The highest BCUT2D eigenvalue weighted by Crippen LogP contribution is 2.31. The third-order valence-electron chi connectivity index (χ3n) is 5.21. The number of amides is 4. The molecule has 0 spiro atoms. The van der Waals surface area contributed by atoms with Crippen molar-refractivity contribution in [3.8, 4) is 17.2 Å². The number of esters is 1. The van der Waals surface area contributed by atoms with Gasteiger partial charge in [0.25, 0.3) is 11.8 Å². The lowest BCUT2D eigenvalue weighted by Gasteiger charge is -2.26. The second kappa shape index (κ2) is 10.4. The number of rotatable bonds is 6. The van der Waals surface area contributed by atoms with Crippen LogP contribution in [0.2, 0.25) is 0 Å². The largest absolute Gasteiger partial charge is 0.497 e. The van der Waals surface area contributed by atoms with E-state index >= 15 is 0 Å². The Morgan fingerprint density at radius 3 is 2.22 bits per heavy atom. The fraction of sp³-hybridized carbons (Fsp3) is 0.0769. The molecule has 36 heavy (non-hydrogen) atoms. The lowest BCUT2D eigenvalue weighted by Crippen LogP contribution is -2.54. The molecule has 3 aromatic rings. The predicted molar refractivity (Wildman–Crippen MR) is 134 cm³/mol. The third-order valence-corrected chi connectivity index (χ3v) is 5.74. The molecule has 1 fully saturated rings. The van der Waals surface area contributed by atoms with E-state index in [1.807, 2.05) is 0 Å². The number of ether oxygens (including phenoxy) is 3. The molecule has 182 valence electrons. The van der Waals surface area contributed by atoms with Gasteiger partial charge in [-0.05, 0) is 72.3 Å². The quantitative estimate of drug-likeness (QED) is 0.210. The summed E-state index contributed by atoms with van der Waals surface area (Å²) in [6, 6.07) is 16.6. The van der Waals surface area contributed by atoms with Crippen LogP contribution in [0, 0.1) is 0 Å². The first-order chi connectivity index (χ1) is 17.3. The van der Waals surface area contributed by atoms with Crippen LogP contribution >= 0.6 is 15.9 Å². The van der Waals surface area contributed by atoms with Crippen LogP contribution in [0.25, 0.3) is 6.08 Å². The lowest BCUT2D eigenvalue weighted by molar-refractivity contribution is -0.122. The summed E-state index contributed by atoms with van der Waals surface area (Å²) >= 11 is 3.30. The Morgan fingerprint density at radius 1 is 0.889 bits per heavy atom. The Morgan fingerprint density at radius 2 is 1.58 bits per heavy atom. The van der Waals surface area contributed by atoms with Crippen LogP contribution in [0.3, 0.4) is 0 Å². The third kappa shape index (κ3) is 5.13. The summed E-state index contributed by atoms with van der Waals surface area (Å²) in [5.41, 5.74) is 0.783. The predicted octanol–water partition coefficient (Wildman–Crippen LogP) is 4.35. The monoisotopic (exact) mass is 550 g/mol. The fourth-order valence-electron chi connectivity index (χ4n) is 3.39. The van der Waals surface area contributed by atoms with Crippen molar-refractivity contribution in [3.63, 3.8) is 0 Å². The molecule has 0 aliphatic carbocycles. The first-order valence-corrected chi connectivity index (χ1v) is 11.3. The normalized spacial score (nSPS) is 14.5. The van der Waals surface area contributed by atoms with Crippen LogP contribution in [-0.4, -0.2) is 38.0 Å². The average Bonchev–Trinajstić information content (AvgIpc) is 2.88. The number of hydrogen-bond donors (Lipinski definition) is 1. The molecule has 0 atom stereocenters. The van der Waals surface area contributed by atoms with E-state index in [1.165, 1.54) is 32.4 Å². The van der Waals surface area contributed by atoms with Crippen LogP contribution in [0.15, 0.2) is 76.8 Å². The highest BCUT2D eigenvalue weighted by Gasteiger charge is 2.36. The molecular formula is C26H19BrN2O7. The van der Waals surface area contributed by atoms with Crippen molar-refractivity contribution >= 4 is 51.5 Å². The number of carbonyl (C=O) groups excluding carboxylic acids is 4. The summed E-state index contributed by atoms with van der Waals surface area (Å²) in [6.45, 7) is 0. The van der Waals surface area contributed by atoms with Crippen molar-refractivity contribution in [2.24, 2.45) is 0 Å². The van der Waals surface area contributed by atoms with Crippen molar-refractivity contribution in [2.75, 3.05) is 19.1 Å². The number of nitrogens with zero attached hydrogens (tertiary/aromatic N) is 1. The minimum Gasteiger partial charge on any atom is -0.497 e. The van der Waals surface area contributed by atoms with Gasteiger partial charge in [0, 0.05) is 4.47 Å². The molecule has 0 bridgehead atoms. The van der Waals surface area contributed by atoms with Crippen LogP contribution in [0.4, 0.5) is 10.5 Å². The number of barbiturate groups is 1. The first-order valence-electron chi connectivity index (χ1n) is 10.5. The molecule has 1 N–H and O–H groups in total. The molecular weight excluding hydrogens is 532 g/mol. The Bertz CT molecular complexity index is 1380. The summed E-state index contributed by atoms with van der Waals surface area (Å²) in [6.07, 6.45) is 1.33. The number of anilines is 1. The summed E-state index contributed by atoms with van der Waals surface area (Å²) in [4.78, 5) is 51.3. The van der Waals surface area contributed by atoms with Crippen molar-refractivity contribution in [3.05, 3.63) is 87.9 Å². The number of methoxy groups -OCH3 is 2. The zero-order chi connectivity index (χ0) is 25.8. The smallest absolute Gasteiger partial charge is 0.343 e. The molecule has 0 unspecified atom stereocenters. The summed E-state index contributed by atoms with van der Waals surface area (Å²) < 4.78 is 16.6. The van der Waals surface area contributed by atoms with Crippen molar-refractivity contribution in [1.29, 1.82) is 0 Å². The van der Waals surface area contributed by atoms with E-state index < -0.39 is 23.8 Å². The summed E-state index contributed by atoms with van der Waals surface area (Å²) in [7, 11) is 2.92. The zero-order valence-corrected chi connectivity index (χ0v) is 20.7. The number of nitrogens with one attached hydrogen (secondary N) is 1. The van der Waals surface area contributed by atoms with Gasteiger partial charge in [0.1, 0.15) is 11.3 Å². The van der Waals surface area contributed by atoms with Crippen LogP contribution in [0.1, 0.15) is 15.9 Å². The minimum atomic E-state index is -0.845. The van der Waals surface area contributed by atoms with Gasteiger partial charge < -0.3 is 14.2 Å². The second-order valence-electron chi connectivity index (χ2n) is 7.46. The van der Waals surface area contributed by atoms with Gasteiger partial charge in [0.15, 0.2) is 11.5 Å². The Balaban J connectivity index is 1.59. The molecule has 0 saturated carbocycles. The molecule has 0 aromatic heterocycles. The Kier molecular flexibility index (Phi) is 7.16. The van der Waals surface area contributed by atoms with Crippen molar-refractivity contribution in [2.45, 2.75) is 0 Å². The number of carbonyl (C=O) groups is 4. The average molecular weight is 551 g/mol. The number of halogens is 1. The standard InChI is InChI=1S/C26H19BrN2O7/c1-34-19-10-4-16(5-11-19)25(32)36-21-12-3-15(14-22(21)35-2)13-20-23(30)28-26(33)29(24(20)31)18-8-6-17(27)7-9-18/h3-14H,1-2H3,(H,28,30,33)/b20-13+. The van der Waals surface area contributed by atoms with Gasteiger partial charge in [-0.1, -0.05) is 22.0 Å². The lowest BCUT2D eigenvalue weighted by atomic mass is 10.1. The highest BCUT2D eigenvalue weighted by atomic mass is 79.9. The number of imide groups is 2. The van der Waals surface area contributed by atoms with Crippen LogP contribution < -0.4 is 24.4 Å². The number of hydrogen-bond acceptors (Lipinski definition) is 7. The molecule has 4 amide bonds. The van der Waals surface area contributed by atoms with E-state index in [2.05, 4.69) is 21.2 Å². The number of benzene rings is 3.